The molecule has 146 valence electrons. The van der Waals surface area contributed by atoms with Crippen molar-refractivity contribution >= 4 is 11.8 Å². The molecule has 28 heavy (non-hydrogen) atoms. The summed E-state index contributed by atoms with van der Waals surface area (Å²) in [6, 6.07) is 15.3. The summed E-state index contributed by atoms with van der Waals surface area (Å²) in [5, 5.41) is 0. The van der Waals surface area contributed by atoms with Gasteiger partial charge < -0.3 is 15.5 Å². The average Bonchev–Trinajstić information content (AvgIpc) is 3.43. The minimum absolute atomic E-state index is 0.0874. The number of rotatable bonds is 4. The largest absolute Gasteiger partial charge is 0.337 e. The number of aromatic nitrogens is 1. The van der Waals surface area contributed by atoms with Gasteiger partial charge in [0.25, 0.3) is 11.8 Å². The van der Waals surface area contributed by atoms with Gasteiger partial charge in [-0.1, -0.05) is 36.4 Å². The fraction of sp³-hybridized carbons (Fsp3) is 0.409. The predicted molar refractivity (Wildman–Crippen MR) is 107 cm³/mol. The maximum atomic E-state index is 13.1. The summed E-state index contributed by atoms with van der Waals surface area (Å²) < 4.78 is 0. The first-order valence-electron chi connectivity index (χ1n) is 9.98. The fourth-order valence-electron chi connectivity index (χ4n) is 4.27. The minimum atomic E-state index is -0.132. The molecule has 1 aromatic heterocycles. The zero-order valence-electron chi connectivity index (χ0n) is 16.0. The molecule has 4 rings (SSSR count). The van der Waals surface area contributed by atoms with Gasteiger partial charge in [0.2, 0.25) is 0 Å². The molecule has 6 nitrogen and oxygen atoms in total. The third-order valence-corrected chi connectivity index (χ3v) is 5.84. The van der Waals surface area contributed by atoms with Crippen LogP contribution in [0.15, 0.2) is 48.5 Å². The topological polar surface area (TPSA) is 79.5 Å². The molecule has 0 saturated carbocycles. The molecule has 2 fully saturated rings. The van der Waals surface area contributed by atoms with E-state index in [1.165, 1.54) is 5.56 Å². The molecule has 0 bridgehead atoms. The lowest BCUT2D eigenvalue weighted by Gasteiger charge is -2.18. The molecule has 3 heterocycles. The molecule has 2 aliphatic heterocycles. The van der Waals surface area contributed by atoms with Crippen molar-refractivity contribution in [1.29, 1.82) is 0 Å². The maximum Gasteiger partial charge on any atom is 0.272 e. The highest BCUT2D eigenvalue weighted by Crippen LogP contribution is 2.32. The first-order chi connectivity index (χ1) is 13.7. The number of hydrogen-bond acceptors (Lipinski definition) is 4. The Labute approximate surface area is 165 Å². The molecule has 2 N–H and O–H groups in total. The van der Waals surface area contributed by atoms with Crippen LogP contribution in [-0.2, 0) is 0 Å². The Kier molecular flexibility index (Phi) is 5.39. The summed E-state index contributed by atoms with van der Waals surface area (Å²) >= 11 is 0. The van der Waals surface area contributed by atoms with E-state index in [-0.39, 0.29) is 23.7 Å². The van der Waals surface area contributed by atoms with Crippen LogP contribution < -0.4 is 5.73 Å². The number of likely N-dealkylation sites (tertiary alicyclic amines) is 2. The van der Waals surface area contributed by atoms with E-state index in [2.05, 4.69) is 17.1 Å². The van der Waals surface area contributed by atoms with E-state index < -0.39 is 0 Å². The average molecular weight is 378 g/mol. The van der Waals surface area contributed by atoms with Crippen LogP contribution in [0.25, 0.3) is 0 Å². The zero-order chi connectivity index (χ0) is 19.5. The van der Waals surface area contributed by atoms with Crippen molar-refractivity contribution in [2.24, 2.45) is 11.7 Å². The second-order valence-corrected chi connectivity index (χ2v) is 7.63. The maximum absolute atomic E-state index is 13.1. The smallest absolute Gasteiger partial charge is 0.272 e. The van der Waals surface area contributed by atoms with Crippen LogP contribution in [0.5, 0.6) is 0 Å². The van der Waals surface area contributed by atoms with Crippen molar-refractivity contribution in [2.75, 3.05) is 32.7 Å². The van der Waals surface area contributed by atoms with E-state index in [9.17, 15) is 9.59 Å². The van der Waals surface area contributed by atoms with Crippen LogP contribution in [0.4, 0.5) is 0 Å². The zero-order valence-corrected chi connectivity index (χ0v) is 16.0. The molecule has 0 radical (unpaired) electrons. The second kappa shape index (κ2) is 8.10. The van der Waals surface area contributed by atoms with Crippen LogP contribution in [-0.4, -0.2) is 59.3 Å². The lowest BCUT2D eigenvalue weighted by molar-refractivity contribution is 0.0776. The Balaban J connectivity index is 1.51. The number of nitrogens with two attached hydrogens (primary N) is 1. The lowest BCUT2D eigenvalue weighted by Crippen LogP contribution is -2.32. The third kappa shape index (κ3) is 3.64. The molecule has 2 atom stereocenters. The number of amides is 2. The number of benzene rings is 1. The van der Waals surface area contributed by atoms with Gasteiger partial charge in [-0.05, 0) is 43.0 Å². The highest BCUT2D eigenvalue weighted by molar-refractivity contribution is 5.96. The highest BCUT2D eigenvalue weighted by atomic mass is 16.2. The normalized spacial score (nSPS) is 21.9. The number of carbonyl (C=O) groups excluding carboxylic acids is 2. The van der Waals surface area contributed by atoms with Gasteiger partial charge in [0.15, 0.2) is 0 Å². The van der Waals surface area contributed by atoms with Gasteiger partial charge in [0.05, 0.1) is 0 Å². The van der Waals surface area contributed by atoms with Crippen LogP contribution in [0, 0.1) is 5.92 Å². The minimum Gasteiger partial charge on any atom is -0.337 e. The standard InChI is InChI=1S/C22H26N4O2/c23-13-17-14-26(15-18(17)16-7-2-1-3-8-16)22(28)20-10-6-9-19(24-20)21(27)25-11-4-5-12-25/h1-3,6-10,17-18H,4-5,11-15,23H2/t17-,18+/m1/s1. The van der Waals surface area contributed by atoms with E-state index in [1.807, 2.05) is 28.0 Å². The molecule has 2 saturated heterocycles. The number of nitrogens with zero attached hydrogens (tertiary/aromatic N) is 3. The molecule has 0 aliphatic carbocycles. The van der Waals surface area contributed by atoms with Gasteiger partial charge in [0, 0.05) is 32.1 Å². The van der Waals surface area contributed by atoms with E-state index in [1.54, 1.807) is 18.2 Å². The quantitative estimate of drug-likeness (QED) is 0.884. The van der Waals surface area contributed by atoms with E-state index in [0.717, 1.165) is 25.9 Å². The van der Waals surface area contributed by atoms with Gasteiger partial charge in [-0.3, -0.25) is 9.59 Å². The molecule has 0 spiro atoms. The van der Waals surface area contributed by atoms with Gasteiger partial charge in [-0.15, -0.1) is 0 Å². The summed E-state index contributed by atoms with van der Waals surface area (Å²) in [7, 11) is 0. The Morgan fingerprint density at radius 1 is 0.893 bits per heavy atom. The van der Waals surface area contributed by atoms with Crippen molar-refractivity contribution in [1.82, 2.24) is 14.8 Å². The summed E-state index contributed by atoms with van der Waals surface area (Å²) in [6.07, 6.45) is 2.05. The second-order valence-electron chi connectivity index (χ2n) is 7.63. The molecular formula is C22H26N4O2. The summed E-state index contributed by atoms with van der Waals surface area (Å²) in [6.45, 7) is 3.30. The number of hydrogen-bond donors (Lipinski definition) is 1. The first-order valence-corrected chi connectivity index (χ1v) is 9.98. The van der Waals surface area contributed by atoms with Crippen molar-refractivity contribution < 1.29 is 9.59 Å². The monoisotopic (exact) mass is 378 g/mol. The highest BCUT2D eigenvalue weighted by Gasteiger charge is 2.36. The van der Waals surface area contributed by atoms with Gasteiger partial charge >= 0.3 is 0 Å². The van der Waals surface area contributed by atoms with Crippen LogP contribution in [0.1, 0.15) is 45.3 Å². The fourth-order valence-corrected chi connectivity index (χ4v) is 4.27. The molecule has 2 amide bonds. The summed E-state index contributed by atoms with van der Waals surface area (Å²) in [4.78, 5) is 33.7. The van der Waals surface area contributed by atoms with Crippen LogP contribution in [0.3, 0.4) is 0 Å². The van der Waals surface area contributed by atoms with Crippen molar-refractivity contribution in [3.63, 3.8) is 0 Å². The van der Waals surface area contributed by atoms with E-state index in [0.29, 0.717) is 31.0 Å². The third-order valence-electron chi connectivity index (χ3n) is 5.84. The van der Waals surface area contributed by atoms with Gasteiger partial charge in [0.1, 0.15) is 11.4 Å². The molecule has 6 heteroatoms. The van der Waals surface area contributed by atoms with E-state index >= 15 is 0 Å². The Hall–Kier alpha value is -2.73. The molecule has 1 aromatic carbocycles. The summed E-state index contributed by atoms with van der Waals surface area (Å²) in [5.41, 5.74) is 7.88. The van der Waals surface area contributed by atoms with Gasteiger partial charge in [-0.25, -0.2) is 4.98 Å². The van der Waals surface area contributed by atoms with Crippen LogP contribution >= 0.6 is 0 Å². The SMILES string of the molecule is NC[C@@H]1CN(C(=O)c2cccc(C(=O)N3CCCC3)n2)C[C@H]1c1ccccc1. The van der Waals surface area contributed by atoms with Crippen molar-refractivity contribution in [2.45, 2.75) is 18.8 Å². The Bertz CT molecular complexity index is 849. The van der Waals surface area contributed by atoms with Crippen molar-refractivity contribution in [3.05, 3.63) is 65.5 Å². The molecule has 2 aliphatic rings. The van der Waals surface area contributed by atoms with E-state index in [4.69, 9.17) is 5.73 Å². The lowest BCUT2D eigenvalue weighted by atomic mass is 9.89. The molecule has 2 aromatic rings. The Morgan fingerprint density at radius 2 is 1.54 bits per heavy atom. The number of carbonyl (C=O) groups is 2. The number of pyridine rings is 1. The Morgan fingerprint density at radius 3 is 2.18 bits per heavy atom. The molecular weight excluding hydrogens is 352 g/mol. The van der Waals surface area contributed by atoms with Crippen molar-refractivity contribution in [3.8, 4) is 0 Å². The first kappa shape index (κ1) is 18.6. The predicted octanol–water partition coefficient (Wildman–Crippen LogP) is 2.13. The molecule has 0 unspecified atom stereocenters. The van der Waals surface area contributed by atoms with Gasteiger partial charge in [-0.2, -0.15) is 0 Å². The summed E-state index contributed by atoms with van der Waals surface area (Å²) in [5.74, 6) is 0.230. The van der Waals surface area contributed by atoms with Crippen LogP contribution in [0.2, 0.25) is 0 Å².